The maximum atomic E-state index is 13.7. The smallest absolute Gasteiger partial charge is 0.267 e. The summed E-state index contributed by atoms with van der Waals surface area (Å²) in [7, 11) is 0. The van der Waals surface area contributed by atoms with Gasteiger partial charge in [-0.15, -0.1) is 0 Å². The Bertz CT molecular complexity index is 790. The van der Waals surface area contributed by atoms with Gasteiger partial charge in [-0.25, -0.2) is 9.49 Å². The summed E-state index contributed by atoms with van der Waals surface area (Å²) in [5.41, 5.74) is 0.750. The van der Waals surface area contributed by atoms with Gasteiger partial charge in [-0.2, -0.15) is 10.4 Å². The van der Waals surface area contributed by atoms with Gasteiger partial charge in [0.05, 0.1) is 5.69 Å². The molecule has 0 unspecified atom stereocenters. The number of aromatic nitrogens is 2. The minimum absolute atomic E-state index is 0.0101. The molecule has 0 fully saturated rings. The Balaban J connectivity index is 2.42. The molecule has 2 rings (SSSR count). The maximum Gasteiger partial charge on any atom is 0.282 e. The summed E-state index contributed by atoms with van der Waals surface area (Å²) in [6, 6.07) is 6.51. The highest BCUT2D eigenvalue weighted by molar-refractivity contribution is 9.10. The molecule has 0 aliphatic heterocycles. The van der Waals surface area contributed by atoms with E-state index in [1.165, 1.54) is 12.1 Å². The van der Waals surface area contributed by atoms with Crippen LogP contribution in [0.1, 0.15) is 22.4 Å². The molecular formula is C14H9BrFN3O. The normalized spacial score (nSPS) is 10.7. The highest BCUT2D eigenvalue weighted by Gasteiger charge is 2.07. The van der Waals surface area contributed by atoms with Crippen molar-refractivity contribution >= 4 is 28.1 Å². The van der Waals surface area contributed by atoms with Crippen molar-refractivity contribution in [3.8, 4) is 6.07 Å². The van der Waals surface area contributed by atoms with Gasteiger partial charge in [-0.1, -0.05) is 22.0 Å². The van der Waals surface area contributed by atoms with Crippen LogP contribution in [-0.2, 0) is 0 Å². The number of nitrogens with zero attached hydrogens (tertiary/aromatic N) is 2. The van der Waals surface area contributed by atoms with Crippen LogP contribution in [0.5, 0.6) is 0 Å². The number of hydrogen-bond acceptors (Lipinski definition) is 3. The molecular weight excluding hydrogens is 325 g/mol. The minimum atomic E-state index is -0.531. The third-order valence-electron chi connectivity index (χ3n) is 2.76. The molecule has 0 aliphatic carbocycles. The molecule has 1 aromatic carbocycles. The number of hydrogen-bond donors (Lipinski definition) is 1. The van der Waals surface area contributed by atoms with Crippen LogP contribution < -0.4 is 5.56 Å². The zero-order chi connectivity index (χ0) is 14.7. The predicted molar refractivity (Wildman–Crippen MR) is 77.3 cm³/mol. The highest BCUT2D eigenvalue weighted by Crippen LogP contribution is 2.18. The lowest BCUT2D eigenvalue weighted by molar-refractivity contribution is 0.624. The van der Waals surface area contributed by atoms with E-state index in [0.29, 0.717) is 21.3 Å². The minimum Gasteiger partial charge on any atom is -0.267 e. The lowest BCUT2D eigenvalue weighted by Crippen LogP contribution is -2.15. The summed E-state index contributed by atoms with van der Waals surface area (Å²) in [5.74, 6) is -0.377. The number of H-pyrrole nitrogens is 1. The Morgan fingerprint density at radius 2 is 2.20 bits per heavy atom. The van der Waals surface area contributed by atoms with E-state index >= 15 is 0 Å². The summed E-state index contributed by atoms with van der Waals surface area (Å²) in [5, 5.41) is 15.0. The van der Waals surface area contributed by atoms with Crippen molar-refractivity contribution in [3.63, 3.8) is 0 Å². The molecule has 0 amide bonds. The fourth-order valence-corrected chi connectivity index (χ4v) is 1.98. The average Bonchev–Trinajstić information content (AvgIpc) is 2.40. The zero-order valence-electron chi connectivity index (χ0n) is 10.4. The van der Waals surface area contributed by atoms with Gasteiger partial charge in [0.25, 0.3) is 5.56 Å². The van der Waals surface area contributed by atoms with Gasteiger partial charge in [-0.05, 0) is 36.8 Å². The average molecular weight is 334 g/mol. The van der Waals surface area contributed by atoms with Crippen LogP contribution in [0.3, 0.4) is 0 Å². The first-order valence-corrected chi connectivity index (χ1v) is 6.44. The second-order valence-electron chi connectivity index (χ2n) is 4.05. The van der Waals surface area contributed by atoms with Gasteiger partial charge in [0.2, 0.25) is 0 Å². The quantitative estimate of drug-likeness (QED) is 0.918. The van der Waals surface area contributed by atoms with Gasteiger partial charge in [0.15, 0.2) is 0 Å². The molecule has 1 heterocycles. The number of nitriles is 1. The van der Waals surface area contributed by atoms with E-state index in [1.807, 2.05) is 6.07 Å². The Morgan fingerprint density at radius 3 is 2.85 bits per heavy atom. The van der Waals surface area contributed by atoms with Crippen molar-refractivity contribution in [3.05, 3.63) is 61.2 Å². The van der Waals surface area contributed by atoms with Gasteiger partial charge in [-0.3, -0.25) is 4.79 Å². The molecule has 4 nitrogen and oxygen atoms in total. The van der Waals surface area contributed by atoms with Gasteiger partial charge in [0.1, 0.15) is 17.4 Å². The lowest BCUT2D eigenvalue weighted by Gasteiger charge is -2.01. The molecule has 0 saturated carbocycles. The fraction of sp³-hybridized carbons (Fsp3) is 0.0714. The van der Waals surface area contributed by atoms with Crippen LogP contribution >= 0.6 is 15.9 Å². The Kier molecular flexibility index (Phi) is 4.11. The summed E-state index contributed by atoms with van der Waals surface area (Å²) < 4.78 is 14.3. The second kappa shape index (κ2) is 5.80. The molecule has 0 spiro atoms. The first-order chi connectivity index (χ1) is 9.52. The van der Waals surface area contributed by atoms with Crippen molar-refractivity contribution in [1.82, 2.24) is 10.2 Å². The molecule has 20 heavy (non-hydrogen) atoms. The van der Waals surface area contributed by atoms with E-state index in [1.54, 1.807) is 25.1 Å². The Morgan fingerprint density at radius 1 is 1.45 bits per heavy atom. The van der Waals surface area contributed by atoms with Crippen LogP contribution in [0.4, 0.5) is 4.39 Å². The van der Waals surface area contributed by atoms with Crippen molar-refractivity contribution in [1.29, 1.82) is 5.26 Å². The SMILES string of the molecule is Cc1c(/C=C/c2ccc(Br)cc2F)n[nH]c(=O)c1C#N. The van der Waals surface area contributed by atoms with Crippen LogP contribution in [-0.4, -0.2) is 10.2 Å². The standard InChI is InChI=1S/C14H9BrFN3O/c1-8-11(7-17)14(20)19-18-13(8)5-3-9-2-4-10(15)6-12(9)16/h2-6H,1H3,(H,19,20)/b5-3+. The molecule has 0 bridgehead atoms. The van der Waals surface area contributed by atoms with E-state index in [9.17, 15) is 9.18 Å². The van der Waals surface area contributed by atoms with Gasteiger partial charge < -0.3 is 0 Å². The molecule has 0 aliphatic rings. The van der Waals surface area contributed by atoms with E-state index in [0.717, 1.165) is 0 Å². The van der Waals surface area contributed by atoms with E-state index in [2.05, 4.69) is 26.1 Å². The van der Waals surface area contributed by atoms with Crippen molar-refractivity contribution in [2.75, 3.05) is 0 Å². The molecule has 2 aromatic rings. The highest BCUT2D eigenvalue weighted by atomic mass is 79.9. The largest absolute Gasteiger partial charge is 0.282 e. The van der Waals surface area contributed by atoms with Gasteiger partial charge >= 0.3 is 0 Å². The van der Waals surface area contributed by atoms with Crippen LogP contribution in [0, 0.1) is 24.1 Å². The van der Waals surface area contributed by atoms with Gasteiger partial charge in [0, 0.05) is 10.0 Å². The van der Waals surface area contributed by atoms with Crippen molar-refractivity contribution < 1.29 is 4.39 Å². The number of aromatic amines is 1. The van der Waals surface area contributed by atoms with E-state index in [-0.39, 0.29) is 11.4 Å². The molecule has 0 radical (unpaired) electrons. The van der Waals surface area contributed by atoms with Crippen LogP contribution in [0.15, 0.2) is 27.5 Å². The number of benzene rings is 1. The monoisotopic (exact) mass is 333 g/mol. The third-order valence-corrected chi connectivity index (χ3v) is 3.25. The second-order valence-corrected chi connectivity index (χ2v) is 4.96. The predicted octanol–water partition coefficient (Wildman–Crippen LogP) is 3.02. The van der Waals surface area contributed by atoms with Crippen molar-refractivity contribution in [2.24, 2.45) is 0 Å². The lowest BCUT2D eigenvalue weighted by atomic mass is 10.1. The van der Waals surface area contributed by atoms with Crippen LogP contribution in [0.25, 0.3) is 12.2 Å². The van der Waals surface area contributed by atoms with Crippen LogP contribution in [0.2, 0.25) is 0 Å². The van der Waals surface area contributed by atoms with E-state index < -0.39 is 5.56 Å². The molecule has 1 aromatic heterocycles. The molecule has 6 heteroatoms. The zero-order valence-corrected chi connectivity index (χ0v) is 12.0. The first kappa shape index (κ1) is 14.2. The topological polar surface area (TPSA) is 69.5 Å². The number of rotatable bonds is 2. The Labute approximate surface area is 122 Å². The Hall–Kier alpha value is -2.26. The van der Waals surface area contributed by atoms with E-state index in [4.69, 9.17) is 5.26 Å². The summed E-state index contributed by atoms with van der Waals surface area (Å²) in [6.45, 7) is 1.62. The number of halogens is 2. The molecule has 1 N–H and O–H groups in total. The number of nitrogens with one attached hydrogen (secondary N) is 1. The maximum absolute atomic E-state index is 13.7. The molecule has 100 valence electrons. The molecule has 0 saturated heterocycles. The van der Waals surface area contributed by atoms with Crippen molar-refractivity contribution in [2.45, 2.75) is 6.92 Å². The summed E-state index contributed by atoms with van der Waals surface area (Å²) in [4.78, 5) is 11.4. The summed E-state index contributed by atoms with van der Waals surface area (Å²) >= 11 is 3.18. The first-order valence-electron chi connectivity index (χ1n) is 5.65. The third kappa shape index (κ3) is 2.83. The molecule has 0 atom stereocenters. The fourth-order valence-electron chi connectivity index (χ4n) is 1.65. The summed E-state index contributed by atoms with van der Waals surface area (Å²) in [6.07, 6.45) is 3.09.